The molecule has 14 heavy (non-hydrogen) atoms. The molecule has 0 saturated carbocycles. The number of thiocarbonyl (C=S) groups is 1. The summed E-state index contributed by atoms with van der Waals surface area (Å²) in [6.07, 6.45) is 9.59. The van der Waals surface area contributed by atoms with Gasteiger partial charge in [0, 0.05) is 12.8 Å². The van der Waals surface area contributed by atoms with Crippen LogP contribution in [0, 0.1) is 0 Å². The molecule has 0 rings (SSSR count). The summed E-state index contributed by atoms with van der Waals surface area (Å²) < 4.78 is 0. The zero-order valence-corrected chi connectivity index (χ0v) is 9.31. The van der Waals surface area contributed by atoms with E-state index in [4.69, 9.17) is 12.2 Å². The van der Waals surface area contributed by atoms with E-state index < -0.39 is 0 Å². The minimum atomic E-state index is 0.505. The van der Waals surface area contributed by atoms with Crippen LogP contribution in [0.1, 0.15) is 19.8 Å². The maximum absolute atomic E-state index is 4.91. The highest BCUT2D eigenvalue weighted by molar-refractivity contribution is 7.80. The molecule has 2 N–H and O–H groups in total. The van der Waals surface area contributed by atoms with Gasteiger partial charge in [0.2, 0.25) is 0 Å². The monoisotopic (exact) mass is 211 g/mol. The summed E-state index contributed by atoms with van der Waals surface area (Å²) >= 11 is 4.91. The Labute approximate surface area is 91.0 Å². The SMILES string of the molecule is C=CCNC(=S)N/N=C/C=C/CCC. The van der Waals surface area contributed by atoms with Crippen LogP contribution in [0.5, 0.6) is 0 Å². The van der Waals surface area contributed by atoms with Gasteiger partial charge in [-0.25, -0.2) is 0 Å². The summed E-state index contributed by atoms with van der Waals surface area (Å²) in [5, 5.41) is 7.30. The average Bonchev–Trinajstić information content (AvgIpc) is 2.20. The van der Waals surface area contributed by atoms with Gasteiger partial charge in [0.05, 0.1) is 0 Å². The van der Waals surface area contributed by atoms with Gasteiger partial charge in [-0.05, 0) is 24.7 Å². The fraction of sp³-hybridized carbons (Fsp3) is 0.400. The average molecular weight is 211 g/mol. The van der Waals surface area contributed by atoms with E-state index in [1.807, 2.05) is 6.08 Å². The Morgan fingerprint density at radius 1 is 1.57 bits per heavy atom. The first kappa shape index (κ1) is 12.8. The van der Waals surface area contributed by atoms with Crippen LogP contribution in [0.25, 0.3) is 0 Å². The molecule has 0 spiro atoms. The first-order valence-corrected chi connectivity index (χ1v) is 5.05. The lowest BCUT2D eigenvalue weighted by Crippen LogP contribution is -2.31. The summed E-state index contributed by atoms with van der Waals surface area (Å²) in [6, 6.07) is 0. The second-order valence-electron chi connectivity index (χ2n) is 2.61. The van der Waals surface area contributed by atoms with Gasteiger partial charge >= 0.3 is 0 Å². The molecule has 0 aliphatic carbocycles. The molecule has 0 saturated heterocycles. The van der Waals surface area contributed by atoms with Crippen molar-refractivity contribution < 1.29 is 0 Å². The van der Waals surface area contributed by atoms with Crippen molar-refractivity contribution in [3.05, 3.63) is 24.8 Å². The second-order valence-corrected chi connectivity index (χ2v) is 3.01. The van der Waals surface area contributed by atoms with E-state index in [1.165, 1.54) is 0 Å². The van der Waals surface area contributed by atoms with Gasteiger partial charge in [0.25, 0.3) is 0 Å². The van der Waals surface area contributed by atoms with E-state index in [0.717, 1.165) is 12.8 Å². The molecule has 0 aromatic heterocycles. The predicted molar refractivity (Wildman–Crippen MR) is 66.5 cm³/mol. The third-order valence-corrected chi connectivity index (χ3v) is 1.56. The highest BCUT2D eigenvalue weighted by Gasteiger charge is 1.86. The Morgan fingerprint density at radius 2 is 2.36 bits per heavy atom. The van der Waals surface area contributed by atoms with Crippen molar-refractivity contribution in [2.24, 2.45) is 5.10 Å². The normalized spacial score (nSPS) is 10.6. The van der Waals surface area contributed by atoms with Crippen molar-refractivity contribution in [2.45, 2.75) is 19.8 Å². The van der Waals surface area contributed by atoms with E-state index in [0.29, 0.717) is 11.7 Å². The molecule has 0 radical (unpaired) electrons. The fourth-order valence-electron chi connectivity index (χ4n) is 0.667. The van der Waals surface area contributed by atoms with Gasteiger partial charge < -0.3 is 5.32 Å². The van der Waals surface area contributed by atoms with Crippen LogP contribution in [0.15, 0.2) is 29.9 Å². The van der Waals surface area contributed by atoms with Crippen molar-refractivity contribution in [3.63, 3.8) is 0 Å². The topological polar surface area (TPSA) is 36.4 Å². The third kappa shape index (κ3) is 8.93. The Kier molecular flexibility index (Phi) is 9.10. The molecule has 0 bridgehead atoms. The lowest BCUT2D eigenvalue weighted by atomic mass is 10.3. The molecular formula is C10H17N3S. The van der Waals surface area contributed by atoms with Gasteiger partial charge in [0.15, 0.2) is 5.11 Å². The number of nitrogens with zero attached hydrogens (tertiary/aromatic N) is 1. The van der Waals surface area contributed by atoms with Crippen LogP contribution in [-0.4, -0.2) is 17.9 Å². The Balaban J connectivity index is 3.50. The number of allylic oxidation sites excluding steroid dienone is 2. The van der Waals surface area contributed by atoms with Gasteiger partial charge in [-0.1, -0.05) is 25.5 Å². The Hall–Kier alpha value is -1.16. The molecule has 0 amide bonds. The minimum absolute atomic E-state index is 0.505. The molecule has 78 valence electrons. The zero-order valence-electron chi connectivity index (χ0n) is 8.49. The van der Waals surface area contributed by atoms with E-state index >= 15 is 0 Å². The summed E-state index contributed by atoms with van der Waals surface area (Å²) in [5.41, 5.74) is 2.69. The molecule has 0 unspecified atom stereocenters. The predicted octanol–water partition coefficient (Wildman–Crippen LogP) is 1.98. The Bertz CT molecular complexity index is 221. The summed E-state index contributed by atoms with van der Waals surface area (Å²) in [4.78, 5) is 0. The molecule has 0 fully saturated rings. The van der Waals surface area contributed by atoms with E-state index in [-0.39, 0.29) is 0 Å². The lowest BCUT2D eigenvalue weighted by Gasteiger charge is -2.01. The molecule has 4 heteroatoms. The maximum atomic E-state index is 4.91. The zero-order chi connectivity index (χ0) is 10.6. The van der Waals surface area contributed by atoms with Gasteiger partial charge in [0.1, 0.15) is 0 Å². The lowest BCUT2D eigenvalue weighted by molar-refractivity contribution is 0.941. The summed E-state index contributed by atoms with van der Waals surface area (Å²) in [5.74, 6) is 0. The van der Waals surface area contributed by atoms with Crippen LogP contribution in [0.3, 0.4) is 0 Å². The van der Waals surface area contributed by atoms with Gasteiger partial charge in [-0.15, -0.1) is 6.58 Å². The van der Waals surface area contributed by atoms with Crippen LogP contribution in [-0.2, 0) is 0 Å². The number of unbranched alkanes of at least 4 members (excludes halogenated alkanes) is 1. The maximum Gasteiger partial charge on any atom is 0.187 e. The molecule has 0 heterocycles. The highest BCUT2D eigenvalue weighted by Crippen LogP contribution is 1.85. The van der Waals surface area contributed by atoms with Gasteiger partial charge in [-0.3, -0.25) is 5.43 Å². The summed E-state index contributed by atoms with van der Waals surface area (Å²) in [6.45, 7) is 6.34. The van der Waals surface area contributed by atoms with Crippen LogP contribution < -0.4 is 10.7 Å². The van der Waals surface area contributed by atoms with Gasteiger partial charge in [-0.2, -0.15) is 5.10 Å². The largest absolute Gasteiger partial charge is 0.358 e. The molecule has 0 aromatic carbocycles. The smallest absolute Gasteiger partial charge is 0.187 e. The molecule has 3 nitrogen and oxygen atoms in total. The molecule has 0 aliphatic rings. The first-order chi connectivity index (χ1) is 6.81. The second kappa shape index (κ2) is 9.92. The quantitative estimate of drug-likeness (QED) is 0.305. The number of rotatable bonds is 6. The highest BCUT2D eigenvalue weighted by atomic mass is 32.1. The fourth-order valence-corrected chi connectivity index (χ4v) is 0.803. The number of hydrogen-bond donors (Lipinski definition) is 2. The molecule has 0 aromatic rings. The number of hydrazone groups is 1. The van der Waals surface area contributed by atoms with E-state index in [2.05, 4.69) is 35.4 Å². The van der Waals surface area contributed by atoms with Crippen molar-refractivity contribution in [3.8, 4) is 0 Å². The van der Waals surface area contributed by atoms with Crippen molar-refractivity contribution in [1.82, 2.24) is 10.7 Å². The number of nitrogens with one attached hydrogen (secondary N) is 2. The van der Waals surface area contributed by atoms with E-state index in [1.54, 1.807) is 12.3 Å². The standard InChI is InChI=1S/C10H17N3S/c1-3-5-6-7-9-12-13-10(14)11-8-4-2/h4,6-7,9H,2-3,5,8H2,1H3,(H2,11,13,14)/b7-6+,12-9+. The number of hydrogen-bond acceptors (Lipinski definition) is 2. The Morgan fingerprint density at radius 3 is 3.00 bits per heavy atom. The first-order valence-electron chi connectivity index (χ1n) is 4.64. The summed E-state index contributed by atoms with van der Waals surface area (Å²) in [7, 11) is 0. The minimum Gasteiger partial charge on any atom is -0.358 e. The van der Waals surface area contributed by atoms with Crippen molar-refractivity contribution in [1.29, 1.82) is 0 Å². The van der Waals surface area contributed by atoms with Crippen LogP contribution in [0.2, 0.25) is 0 Å². The molecule has 0 atom stereocenters. The third-order valence-electron chi connectivity index (χ3n) is 1.33. The van der Waals surface area contributed by atoms with E-state index in [9.17, 15) is 0 Å². The van der Waals surface area contributed by atoms with Crippen molar-refractivity contribution in [2.75, 3.05) is 6.54 Å². The van der Waals surface area contributed by atoms with Crippen molar-refractivity contribution >= 4 is 23.5 Å². The van der Waals surface area contributed by atoms with Crippen LogP contribution in [0.4, 0.5) is 0 Å². The van der Waals surface area contributed by atoms with Crippen LogP contribution >= 0.6 is 12.2 Å². The molecular weight excluding hydrogens is 194 g/mol. The molecule has 0 aliphatic heterocycles.